The van der Waals surface area contributed by atoms with Crippen molar-refractivity contribution in [2.24, 2.45) is 17.6 Å². The predicted octanol–water partition coefficient (Wildman–Crippen LogP) is 3.53. The molecule has 1 aromatic carbocycles. The summed E-state index contributed by atoms with van der Waals surface area (Å²) in [5.74, 6) is 1.56. The van der Waals surface area contributed by atoms with Gasteiger partial charge in [-0.25, -0.2) is 0 Å². The number of nitrogens with two attached hydrogens (primary N) is 1. The lowest BCUT2D eigenvalue weighted by molar-refractivity contribution is -0.127. The first-order valence-electron chi connectivity index (χ1n) is 13.6. The van der Waals surface area contributed by atoms with E-state index in [2.05, 4.69) is 22.3 Å². The molecule has 34 heavy (non-hydrogen) atoms. The average molecular weight is 472 g/mol. The van der Waals surface area contributed by atoms with Crippen molar-refractivity contribution in [1.82, 2.24) is 10.2 Å². The summed E-state index contributed by atoms with van der Waals surface area (Å²) in [6.45, 7) is 6.86. The molecule has 3 N–H and O–H groups in total. The monoisotopic (exact) mass is 471 g/mol. The fourth-order valence-corrected chi connectivity index (χ4v) is 5.84. The largest absolute Gasteiger partial charge is 0.381 e. The maximum Gasteiger partial charge on any atom is 0.240 e. The topological polar surface area (TPSA) is 76.8 Å². The van der Waals surface area contributed by atoms with Crippen LogP contribution in [0, 0.1) is 11.8 Å². The summed E-state index contributed by atoms with van der Waals surface area (Å²) >= 11 is 0. The van der Waals surface area contributed by atoms with Gasteiger partial charge in [0.2, 0.25) is 5.91 Å². The molecule has 1 aliphatic carbocycles. The van der Waals surface area contributed by atoms with Crippen molar-refractivity contribution in [2.75, 3.05) is 46.1 Å². The number of hydrogen-bond acceptors (Lipinski definition) is 5. The minimum atomic E-state index is -0.701. The molecular weight excluding hydrogens is 426 g/mol. The highest BCUT2D eigenvalue weighted by atomic mass is 16.5. The van der Waals surface area contributed by atoms with E-state index in [0.29, 0.717) is 6.61 Å². The Kier molecular flexibility index (Phi) is 9.80. The first kappa shape index (κ1) is 25.6. The third-order valence-electron chi connectivity index (χ3n) is 8.16. The molecule has 2 aliphatic heterocycles. The molecule has 2 heterocycles. The number of benzene rings is 1. The van der Waals surface area contributed by atoms with Crippen LogP contribution in [0.3, 0.4) is 0 Å². The van der Waals surface area contributed by atoms with Crippen molar-refractivity contribution in [3.05, 3.63) is 35.9 Å². The molecule has 1 atom stereocenters. The Balaban J connectivity index is 1.17. The van der Waals surface area contributed by atoms with Gasteiger partial charge in [-0.15, -0.1) is 0 Å². The Bertz CT molecular complexity index is 724. The molecule has 4 rings (SSSR count). The standard InChI is InChI=1S/C28H45N3O3/c29-28(13-4-5-14-28)27(32)30-26(20-24-6-2-1-3-7-24)22-34-19-10-23-8-15-31(16-9-23)21-25-11-17-33-18-12-25/h1-3,6-7,23,25-26H,4-5,8-22,29H2,(H,30,32). The van der Waals surface area contributed by atoms with E-state index in [1.54, 1.807) is 0 Å². The van der Waals surface area contributed by atoms with Crippen LogP contribution < -0.4 is 11.1 Å². The highest BCUT2D eigenvalue weighted by Crippen LogP contribution is 2.27. The second-order valence-corrected chi connectivity index (χ2v) is 10.9. The third-order valence-corrected chi connectivity index (χ3v) is 8.16. The number of carbonyl (C=O) groups is 1. The fourth-order valence-electron chi connectivity index (χ4n) is 5.84. The van der Waals surface area contributed by atoms with E-state index in [4.69, 9.17) is 15.2 Å². The molecule has 1 aromatic rings. The maximum atomic E-state index is 12.9. The van der Waals surface area contributed by atoms with Crippen LogP contribution >= 0.6 is 0 Å². The van der Waals surface area contributed by atoms with Gasteiger partial charge in [-0.2, -0.15) is 0 Å². The Morgan fingerprint density at radius 1 is 1.09 bits per heavy atom. The van der Waals surface area contributed by atoms with Gasteiger partial charge in [-0.3, -0.25) is 4.79 Å². The summed E-state index contributed by atoms with van der Waals surface area (Å²) in [5.41, 5.74) is 6.92. The molecule has 2 saturated heterocycles. The summed E-state index contributed by atoms with van der Waals surface area (Å²) in [6, 6.07) is 10.3. The third kappa shape index (κ3) is 7.77. The molecule has 190 valence electrons. The van der Waals surface area contributed by atoms with E-state index in [9.17, 15) is 4.79 Å². The maximum absolute atomic E-state index is 12.9. The lowest BCUT2D eigenvalue weighted by Gasteiger charge is -2.35. The average Bonchev–Trinajstić information content (AvgIpc) is 3.32. The molecule has 0 bridgehead atoms. The highest BCUT2D eigenvalue weighted by Gasteiger charge is 2.37. The Morgan fingerprint density at radius 3 is 2.50 bits per heavy atom. The number of nitrogens with zero attached hydrogens (tertiary/aromatic N) is 1. The molecule has 0 radical (unpaired) electrons. The van der Waals surface area contributed by atoms with Crippen LogP contribution in [0.4, 0.5) is 0 Å². The zero-order valence-electron chi connectivity index (χ0n) is 20.9. The molecule has 6 heteroatoms. The molecule has 6 nitrogen and oxygen atoms in total. The number of rotatable bonds is 11. The molecule has 3 aliphatic rings. The second kappa shape index (κ2) is 13.0. The normalized spacial score (nSPS) is 23.1. The van der Waals surface area contributed by atoms with Crippen LogP contribution in [-0.4, -0.2) is 68.4 Å². The van der Waals surface area contributed by atoms with Crippen LogP contribution in [0.1, 0.15) is 63.4 Å². The Labute approximate surface area is 205 Å². The van der Waals surface area contributed by atoms with Crippen LogP contribution in [-0.2, 0) is 20.7 Å². The van der Waals surface area contributed by atoms with Gasteiger partial charge in [-0.05, 0) is 81.9 Å². The van der Waals surface area contributed by atoms with Gasteiger partial charge in [0.05, 0.1) is 18.2 Å². The second-order valence-electron chi connectivity index (χ2n) is 10.9. The van der Waals surface area contributed by atoms with Crippen molar-refractivity contribution in [1.29, 1.82) is 0 Å². The smallest absolute Gasteiger partial charge is 0.240 e. The SMILES string of the molecule is NC1(C(=O)NC(COCCC2CCN(CC3CCOCC3)CC2)Cc2ccccc2)CCCC1. The minimum absolute atomic E-state index is 0.00793. The molecule has 1 amide bonds. The molecule has 0 spiro atoms. The highest BCUT2D eigenvalue weighted by molar-refractivity contribution is 5.86. The van der Waals surface area contributed by atoms with Crippen molar-refractivity contribution < 1.29 is 14.3 Å². The minimum Gasteiger partial charge on any atom is -0.381 e. The number of nitrogens with one attached hydrogen (secondary N) is 1. The summed E-state index contributed by atoms with van der Waals surface area (Å²) in [7, 11) is 0. The quantitative estimate of drug-likeness (QED) is 0.483. The summed E-state index contributed by atoms with van der Waals surface area (Å²) in [4.78, 5) is 15.6. The van der Waals surface area contributed by atoms with Crippen molar-refractivity contribution in [2.45, 2.75) is 75.8 Å². The van der Waals surface area contributed by atoms with Gasteiger partial charge in [0.1, 0.15) is 0 Å². The van der Waals surface area contributed by atoms with Gasteiger partial charge in [0, 0.05) is 26.4 Å². The van der Waals surface area contributed by atoms with E-state index < -0.39 is 5.54 Å². The van der Waals surface area contributed by atoms with Gasteiger partial charge in [-0.1, -0.05) is 43.2 Å². The lowest BCUT2D eigenvalue weighted by Crippen LogP contribution is -2.55. The zero-order chi connectivity index (χ0) is 23.6. The molecule has 1 unspecified atom stereocenters. The molecule has 0 aromatic heterocycles. The summed E-state index contributed by atoms with van der Waals surface area (Å²) in [5, 5.41) is 3.23. The van der Waals surface area contributed by atoms with Crippen molar-refractivity contribution in [3.63, 3.8) is 0 Å². The van der Waals surface area contributed by atoms with Crippen LogP contribution in [0.2, 0.25) is 0 Å². The molecular formula is C28H45N3O3. The number of amides is 1. The summed E-state index contributed by atoms with van der Waals surface area (Å²) in [6.07, 6.45) is 10.5. The van der Waals surface area contributed by atoms with Crippen LogP contribution in [0.5, 0.6) is 0 Å². The van der Waals surface area contributed by atoms with Gasteiger partial charge >= 0.3 is 0 Å². The van der Waals surface area contributed by atoms with E-state index in [-0.39, 0.29) is 11.9 Å². The number of piperidine rings is 1. The van der Waals surface area contributed by atoms with E-state index in [1.165, 1.54) is 50.9 Å². The van der Waals surface area contributed by atoms with Gasteiger partial charge in [0.25, 0.3) is 0 Å². The van der Waals surface area contributed by atoms with E-state index in [1.807, 2.05) is 18.2 Å². The van der Waals surface area contributed by atoms with Crippen LogP contribution in [0.15, 0.2) is 30.3 Å². The molecule has 3 fully saturated rings. The Morgan fingerprint density at radius 2 is 1.79 bits per heavy atom. The number of hydrogen-bond donors (Lipinski definition) is 2. The van der Waals surface area contributed by atoms with Gasteiger partial charge in [0.15, 0.2) is 0 Å². The van der Waals surface area contributed by atoms with Crippen molar-refractivity contribution >= 4 is 5.91 Å². The Hall–Kier alpha value is -1.47. The number of ether oxygens (including phenoxy) is 2. The van der Waals surface area contributed by atoms with Crippen molar-refractivity contribution in [3.8, 4) is 0 Å². The van der Waals surface area contributed by atoms with Gasteiger partial charge < -0.3 is 25.4 Å². The van der Waals surface area contributed by atoms with Crippen LogP contribution in [0.25, 0.3) is 0 Å². The first-order valence-corrected chi connectivity index (χ1v) is 13.6. The predicted molar refractivity (Wildman–Crippen MR) is 136 cm³/mol. The summed E-state index contributed by atoms with van der Waals surface area (Å²) < 4.78 is 11.6. The number of carbonyl (C=O) groups excluding carboxylic acids is 1. The zero-order valence-corrected chi connectivity index (χ0v) is 20.9. The number of likely N-dealkylation sites (tertiary alicyclic amines) is 1. The first-order chi connectivity index (χ1) is 16.6. The van der Waals surface area contributed by atoms with E-state index >= 15 is 0 Å². The fraction of sp³-hybridized carbons (Fsp3) is 0.750. The molecule has 1 saturated carbocycles. The van der Waals surface area contributed by atoms with E-state index in [0.717, 1.165) is 70.2 Å². The lowest BCUT2D eigenvalue weighted by atomic mass is 9.92.